The Morgan fingerprint density at radius 2 is 2.00 bits per heavy atom. The maximum absolute atomic E-state index is 13.4. The van der Waals surface area contributed by atoms with Crippen molar-refractivity contribution in [2.75, 3.05) is 16.2 Å². The number of carbonyl (C=O) groups excluding carboxylic acids is 1. The summed E-state index contributed by atoms with van der Waals surface area (Å²) in [6, 6.07) is 15.7. The summed E-state index contributed by atoms with van der Waals surface area (Å²) in [7, 11) is -2.71. The minimum absolute atomic E-state index is 0.173. The summed E-state index contributed by atoms with van der Waals surface area (Å²) >= 11 is 1.39. The van der Waals surface area contributed by atoms with Gasteiger partial charge in [-0.1, -0.05) is 30.3 Å². The Morgan fingerprint density at radius 3 is 2.69 bits per heavy atom. The zero-order chi connectivity index (χ0) is 20.1. The van der Waals surface area contributed by atoms with Gasteiger partial charge in [-0.25, -0.2) is 9.19 Å². The zero-order valence-corrected chi connectivity index (χ0v) is 17.5. The first-order valence-electron chi connectivity index (χ1n) is 9.55. The van der Waals surface area contributed by atoms with E-state index in [4.69, 9.17) is 0 Å². The van der Waals surface area contributed by atoms with E-state index in [1.807, 2.05) is 58.8 Å². The van der Waals surface area contributed by atoms with Crippen molar-refractivity contribution in [1.82, 2.24) is 4.98 Å². The molecule has 1 unspecified atom stereocenters. The topological polar surface area (TPSA) is 62.3 Å². The third-order valence-corrected chi connectivity index (χ3v) is 8.10. The van der Waals surface area contributed by atoms with Crippen LogP contribution in [0.1, 0.15) is 24.0 Å². The van der Waals surface area contributed by atoms with E-state index in [2.05, 4.69) is 15.6 Å². The van der Waals surface area contributed by atoms with Crippen LogP contribution in [0.15, 0.2) is 65.0 Å². The molecule has 1 aliphatic carbocycles. The number of hydrogen-bond acceptors (Lipinski definition) is 4. The van der Waals surface area contributed by atoms with Crippen molar-refractivity contribution < 1.29 is 9.00 Å². The lowest BCUT2D eigenvalue weighted by Crippen LogP contribution is -2.38. The second-order valence-electron chi connectivity index (χ2n) is 7.56. The number of nitrogens with zero attached hydrogens (tertiary/aromatic N) is 2. The van der Waals surface area contributed by atoms with Crippen LogP contribution in [0.3, 0.4) is 0 Å². The number of amides is 1. The van der Waals surface area contributed by atoms with Crippen LogP contribution in [-0.2, 0) is 26.3 Å². The fraction of sp³-hybridized carbons (Fsp3) is 0.227. The predicted molar refractivity (Wildman–Crippen MR) is 119 cm³/mol. The molecule has 0 saturated heterocycles. The van der Waals surface area contributed by atoms with E-state index in [0.29, 0.717) is 16.6 Å². The lowest BCUT2D eigenvalue weighted by Gasteiger charge is -2.24. The van der Waals surface area contributed by atoms with Crippen molar-refractivity contribution in [2.24, 2.45) is 0 Å². The summed E-state index contributed by atoms with van der Waals surface area (Å²) in [6.45, 7) is 0.657. The fourth-order valence-electron chi connectivity index (χ4n) is 4.03. The zero-order valence-electron chi connectivity index (χ0n) is 15.8. The highest BCUT2D eigenvalue weighted by atomic mass is 32.2. The molecule has 5 rings (SSSR count). The van der Waals surface area contributed by atoms with Crippen molar-refractivity contribution >= 4 is 43.6 Å². The lowest BCUT2D eigenvalue weighted by atomic mass is 9.94. The Hall–Kier alpha value is -2.64. The number of aromatic nitrogens is 1. The number of carbonyl (C=O) groups is 1. The molecular weight excluding hydrogens is 402 g/mol. The number of benzene rings is 2. The average Bonchev–Trinajstić information content (AvgIpc) is 3.18. The Kier molecular flexibility index (Phi) is 4.26. The highest BCUT2D eigenvalue weighted by molar-refractivity contribution is 8.01. The first-order chi connectivity index (χ1) is 14.0. The number of hydrogen-bond donors (Lipinski definition) is 1. The third-order valence-electron chi connectivity index (χ3n) is 5.74. The van der Waals surface area contributed by atoms with Crippen molar-refractivity contribution in [3.05, 3.63) is 71.2 Å². The van der Waals surface area contributed by atoms with Gasteiger partial charge in [-0.05, 0) is 54.5 Å². The maximum Gasteiger partial charge on any atom is 0.237 e. The summed E-state index contributed by atoms with van der Waals surface area (Å²) in [6.07, 6.45) is 4.20. The molecule has 0 bridgehead atoms. The Bertz CT molecular complexity index is 1170. The van der Waals surface area contributed by atoms with E-state index in [0.717, 1.165) is 36.1 Å². The molecular formula is C22H21N3O2S2. The highest BCUT2D eigenvalue weighted by Crippen LogP contribution is 2.51. The Balaban J connectivity index is 1.42. The van der Waals surface area contributed by atoms with Crippen LogP contribution < -0.4 is 9.62 Å². The molecule has 1 saturated carbocycles. The number of anilines is 2. The van der Waals surface area contributed by atoms with Crippen LogP contribution in [-0.4, -0.2) is 27.5 Å². The SMILES string of the molecule is C=S(=O)(Nc1nccs1)c1ccc2c(c1)CCN2C(=O)C1(c2ccccc2)CC1. The van der Waals surface area contributed by atoms with Crippen LogP contribution in [0.4, 0.5) is 10.8 Å². The molecule has 3 aromatic rings. The van der Waals surface area contributed by atoms with Gasteiger partial charge < -0.3 is 4.90 Å². The van der Waals surface area contributed by atoms with Crippen LogP contribution in [0, 0.1) is 0 Å². The minimum atomic E-state index is -2.71. The molecule has 1 fully saturated rings. The monoisotopic (exact) mass is 423 g/mol. The lowest BCUT2D eigenvalue weighted by molar-refractivity contribution is -0.120. The summed E-state index contributed by atoms with van der Waals surface area (Å²) in [5.41, 5.74) is 2.68. The predicted octanol–water partition coefficient (Wildman–Crippen LogP) is 3.87. The van der Waals surface area contributed by atoms with Gasteiger partial charge in [-0.2, -0.15) is 0 Å². The molecule has 1 N–H and O–H groups in total. The van der Waals surface area contributed by atoms with Gasteiger partial charge in [0, 0.05) is 28.7 Å². The average molecular weight is 424 g/mol. The van der Waals surface area contributed by atoms with Crippen molar-refractivity contribution in [2.45, 2.75) is 29.6 Å². The number of nitrogens with one attached hydrogen (secondary N) is 1. The number of rotatable bonds is 5. The molecule has 0 spiro atoms. The molecule has 2 aliphatic rings. The smallest absolute Gasteiger partial charge is 0.237 e. The second-order valence-corrected chi connectivity index (χ2v) is 10.5. The molecule has 5 nitrogen and oxygen atoms in total. The highest BCUT2D eigenvalue weighted by Gasteiger charge is 2.53. The number of fused-ring (bicyclic) bond motifs is 1. The Labute approximate surface area is 174 Å². The molecule has 29 heavy (non-hydrogen) atoms. The van der Waals surface area contributed by atoms with Crippen LogP contribution in [0.25, 0.3) is 0 Å². The van der Waals surface area contributed by atoms with Gasteiger partial charge in [0.2, 0.25) is 5.91 Å². The summed E-state index contributed by atoms with van der Waals surface area (Å²) < 4.78 is 16.0. The van der Waals surface area contributed by atoms with Gasteiger partial charge in [0.1, 0.15) is 0 Å². The van der Waals surface area contributed by atoms with Crippen LogP contribution in [0.2, 0.25) is 0 Å². The van der Waals surface area contributed by atoms with E-state index >= 15 is 0 Å². The van der Waals surface area contributed by atoms with Gasteiger partial charge in [0.15, 0.2) is 5.13 Å². The van der Waals surface area contributed by atoms with E-state index in [1.54, 1.807) is 6.20 Å². The molecule has 1 aliphatic heterocycles. The molecule has 0 radical (unpaired) electrons. The second kappa shape index (κ2) is 6.71. The van der Waals surface area contributed by atoms with Crippen LogP contribution in [0.5, 0.6) is 0 Å². The van der Waals surface area contributed by atoms with Gasteiger partial charge in [0.25, 0.3) is 0 Å². The maximum atomic E-state index is 13.4. The number of thiazole rings is 1. The molecule has 2 heterocycles. The standard InChI is InChI=1S/C22H21N3O2S2/c1-29(27,24-21-23-12-14-28-21)18-7-8-19-16(15-18)9-13-25(19)20(26)22(10-11-22)17-5-3-2-4-6-17/h2-8,12,14-15H,1,9-11,13H2,(H,23,24,27). The van der Waals surface area contributed by atoms with Gasteiger partial charge in [-0.15, -0.1) is 11.3 Å². The van der Waals surface area contributed by atoms with Gasteiger partial charge in [0.05, 0.1) is 15.1 Å². The van der Waals surface area contributed by atoms with Crippen molar-refractivity contribution in [1.29, 1.82) is 0 Å². The summed E-state index contributed by atoms with van der Waals surface area (Å²) in [5.74, 6) is 4.06. The summed E-state index contributed by atoms with van der Waals surface area (Å²) in [4.78, 5) is 20.1. The first-order valence-corrected chi connectivity index (χ1v) is 12.2. The minimum Gasteiger partial charge on any atom is -0.311 e. The van der Waals surface area contributed by atoms with Crippen molar-refractivity contribution in [3.8, 4) is 0 Å². The van der Waals surface area contributed by atoms with Gasteiger partial charge in [-0.3, -0.25) is 9.52 Å². The quantitative estimate of drug-likeness (QED) is 0.634. The van der Waals surface area contributed by atoms with Gasteiger partial charge >= 0.3 is 0 Å². The summed E-state index contributed by atoms with van der Waals surface area (Å²) in [5, 5.41) is 2.41. The Morgan fingerprint density at radius 1 is 1.21 bits per heavy atom. The van der Waals surface area contributed by atoms with Crippen molar-refractivity contribution in [3.63, 3.8) is 0 Å². The molecule has 148 valence electrons. The normalized spacial score (nSPS) is 18.7. The molecule has 7 heteroatoms. The van der Waals surface area contributed by atoms with E-state index in [-0.39, 0.29) is 11.3 Å². The molecule has 1 aromatic heterocycles. The molecule has 1 amide bonds. The van der Waals surface area contributed by atoms with Crippen LogP contribution >= 0.6 is 11.3 Å². The van der Waals surface area contributed by atoms with E-state index in [9.17, 15) is 9.00 Å². The fourth-order valence-corrected chi connectivity index (χ4v) is 6.08. The molecule has 2 aromatic carbocycles. The first kappa shape index (κ1) is 18.4. The van der Waals surface area contributed by atoms with E-state index < -0.39 is 9.71 Å². The molecule has 1 atom stereocenters. The largest absolute Gasteiger partial charge is 0.311 e. The van der Waals surface area contributed by atoms with E-state index in [1.165, 1.54) is 11.3 Å². The third kappa shape index (κ3) is 3.14.